The van der Waals surface area contributed by atoms with E-state index >= 15 is 0 Å². The summed E-state index contributed by atoms with van der Waals surface area (Å²) < 4.78 is 11.5. The van der Waals surface area contributed by atoms with E-state index < -0.39 is 18.2 Å². The Balaban J connectivity index is 1.25. The molecule has 0 aliphatic carbocycles. The first-order valence-electron chi connectivity index (χ1n) is 16.6. The van der Waals surface area contributed by atoms with Crippen molar-refractivity contribution < 1.29 is 29.0 Å². The van der Waals surface area contributed by atoms with Gasteiger partial charge in [-0.2, -0.15) is 5.01 Å². The fourth-order valence-corrected chi connectivity index (χ4v) is 6.56. The highest BCUT2D eigenvalue weighted by atomic mass is 16.5. The Hall–Kier alpha value is -5.09. The van der Waals surface area contributed by atoms with Crippen LogP contribution in [-0.4, -0.2) is 119 Å². The van der Waals surface area contributed by atoms with E-state index in [4.69, 9.17) is 15.9 Å². The fraction of sp³-hybridized carbons (Fsp3) is 0.378. The lowest BCUT2D eigenvalue weighted by Gasteiger charge is -2.55. The molecule has 12 heteroatoms. The smallest absolute Gasteiger partial charge is 0.334 e. The Morgan fingerprint density at radius 1 is 0.980 bits per heavy atom. The number of hydrogen-bond acceptors (Lipinski definition) is 8. The largest absolute Gasteiger partial charge is 0.508 e. The molecule has 2 atom stereocenters. The molecule has 3 heterocycles. The van der Waals surface area contributed by atoms with Gasteiger partial charge in [-0.05, 0) is 41.0 Å². The van der Waals surface area contributed by atoms with E-state index in [1.54, 1.807) is 34.2 Å². The highest BCUT2D eigenvalue weighted by molar-refractivity contribution is 5.91. The second kappa shape index (κ2) is 15.9. The first kappa shape index (κ1) is 33.8. The van der Waals surface area contributed by atoms with Crippen LogP contribution >= 0.6 is 0 Å². The van der Waals surface area contributed by atoms with Crippen LogP contribution in [0.15, 0.2) is 78.9 Å². The molecule has 3 aliphatic heterocycles. The quantitative estimate of drug-likeness (QED) is 0.300. The number of aromatic hydroxyl groups is 1. The second-order valence-electron chi connectivity index (χ2n) is 12.4. The molecule has 3 saturated heterocycles. The number of nitrogens with zero attached hydrogens (tertiary/aromatic N) is 5. The van der Waals surface area contributed by atoms with Crippen LogP contribution in [0, 0.1) is 12.3 Å². The van der Waals surface area contributed by atoms with Crippen molar-refractivity contribution in [2.75, 3.05) is 59.1 Å². The third-order valence-electron chi connectivity index (χ3n) is 9.02. The van der Waals surface area contributed by atoms with Crippen molar-refractivity contribution in [2.45, 2.75) is 31.7 Å². The van der Waals surface area contributed by atoms with Crippen molar-refractivity contribution in [3.8, 4) is 23.8 Å². The van der Waals surface area contributed by atoms with E-state index in [9.17, 15) is 19.5 Å². The van der Waals surface area contributed by atoms with Crippen molar-refractivity contribution in [2.24, 2.45) is 0 Å². The number of carbonyl (C=O) groups is 3. The van der Waals surface area contributed by atoms with Crippen molar-refractivity contribution >= 4 is 17.8 Å². The number of nitrogens with one attached hydrogen (secondary N) is 1. The van der Waals surface area contributed by atoms with Gasteiger partial charge in [-0.1, -0.05) is 60.5 Å². The zero-order valence-electron chi connectivity index (χ0n) is 27.4. The molecule has 0 bridgehead atoms. The van der Waals surface area contributed by atoms with E-state index in [-0.39, 0.29) is 56.7 Å². The minimum Gasteiger partial charge on any atom is -0.508 e. The summed E-state index contributed by atoms with van der Waals surface area (Å²) in [5.74, 6) is 2.86. The van der Waals surface area contributed by atoms with Crippen LogP contribution in [-0.2, 0) is 33.8 Å². The number of hydrazine groups is 1. The van der Waals surface area contributed by atoms with Crippen LogP contribution in [0.5, 0.6) is 11.5 Å². The number of ether oxygens (including phenoxy) is 2. The van der Waals surface area contributed by atoms with Crippen LogP contribution in [0.4, 0.5) is 4.79 Å². The van der Waals surface area contributed by atoms with Crippen molar-refractivity contribution in [3.63, 3.8) is 0 Å². The van der Waals surface area contributed by atoms with Gasteiger partial charge in [0.15, 0.2) is 0 Å². The molecule has 4 amide bonds. The zero-order valence-corrected chi connectivity index (χ0v) is 27.4. The molecule has 6 rings (SSSR count). The molecule has 0 aromatic heterocycles. The van der Waals surface area contributed by atoms with Gasteiger partial charge in [-0.3, -0.25) is 14.5 Å². The Bertz CT molecular complexity index is 1640. The third-order valence-corrected chi connectivity index (χ3v) is 9.02. The summed E-state index contributed by atoms with van der Waals surface area (Å²) in [5, 5.41) is 15.9. The number of piperazine rings is 1. The van der Waals surface area contributed by atoms with Crippen LogP contribution < -0.4 is 10.1 Å². The van der Waals surface area contributed by atoms with Gasteiger partial charge in [0.25, 0.3) is 0 Å². The molecule has 0 unspecified atom stereocenters. The third kappa shape index (κ3) is 8.32. The highest BCUT2D eigenvalue weighted by Gasteiger charge is 2.51. The number of phenolic OH excluding ortho intramolecular Hbond substituents is 1. The summed E-state index contributed by atoms with van der Waals surface area (Å²) in [5.41, 5.74) is 2.55. The lowest BCUT2D eigenvalue weighted by atomic mass is 9.98. The molecule has 3 fully saturated rings. The minimum absolute atomic E-state index is 0.0370. The molecular formula is C37H42N6O6. The van der Waals surface area contributed by atoms with Gasteiger partial charge >= 0.3 is 6.03 Å². The van der Waals surface area contributed by atoms with Gasteiger partial charge in [-0.15, -0.1) is 6.42 Å². The number of phenols is 1. The molecule has 256 valence electrons. The maximum Gasteiger partial charge on any atom is 0.334 e. The fourth-order valence-electron chi connectivity index (χ4n) is 6.56. The van der Waals surface area contributed by atoms with Gasteiger partial charge in [0, 0.05) is 39.1 Å². The number of fused-ring (bicyclic) bond motifs is 1. The van der Waals surface area contributed by atoms with Gasteiger partial charge in [0.1, 0.15) is 30.3 Å². The standard InChI is InChI=1S/C37H42N6O6/c1-2-15-41-27-35(45)42-33(23-28-11-13-31(44)14-12-28)36(46)40(26-34(42)43(41)37(47)38-24-29-7-4-3-5-8-29)25-30-9-6-10-32(22-30)49-21-18-39-16-19-48-20-17-39/h1,3-14,22,33-34,44H,15-21,23-27H2,(H,38,47)/t33-,34-/m0/s1. The maximum atomic E-state index is 14.3. The lowest BCUT2D eigenvalue weighted by molar-refractivity contribution is -0.189. The number of morpholine rings is 1. The van der Waals surface area contributed by atoms with Crippen LogP contribution in [0.2, 0.25) is 0 Å². The normalized spacial score (nSPS) is 20.1. The zero-order chi connectivity index (χ0) is 34.2. The van der Waals surface area contributed by atoms with Gasteiger partial charge in [-0.25, -0.2) is 9.80 Å². The maximum absolute atomic E-state index is 14.3. The number of rotatable bonds is 11. The summed E-state index contributed by atoms with van der Waals surface area (Å²) in [4.78, 5) is 47.6. The summed E-state index contributed by atoms with van der Waals surface area (Å²) in [6.45, 7) is 5.03. The minimum atomic E-state index is -0.888. The molecule has 3 aromatic carbocycles. The summed E-state index contributed by atoms with van der Waals surface area (Å²) in [6.07, 6.45) is 5.10. The first-order chi connectivity index (χ1) is 23.9. The predicted molar refractivity (Wildman–Crippen MR) is 182 cm³/mol. The number of benzene rings is 3. The monoisotopic (exact) mass is 666 g/mol. The molecule has 0 spiro atoms. The Morgan fingerprint density at radius 3 is 2.49 bits per heavy atom. The average Bonchev–Trinajstić information content (AvgIpc) is 3.11. The summed E-state index contributed by atoms with van der Waals surface area (Å²) in [7, 11) is 0. The van der Waals surface area contributed by atoms with E-state index in [0.29, 0.717) is 12.4 Å². The molecule has 3 aliphatic rings. The molecule has 49 heavy (non-hydrogen) atoms. The van der Waals surface area contributed by atoms with E-state index in [1.165, 1.54) is 9.91 Å². The Labute approximate surface area is 286 Å². The van der Waals surface area contributed by atoms with Crippen LogP contribution in [0.1, 0.15) is 16.7 Å². The van der Waals surface area contributed by atoms with Crippen LogP contribution in [0.25, 0.3) is 0 Å². The SMILES string of the molecule is C#CCN1CC(=O)N2[C@@H](Cc3ccc(O)cc3)C(=O)N(Cc3cccc(OCCN4CCOCC4)c3)C[C@@H]2N1C(=O)NCc1ccccc1. The van der Waals surface area contributed by atoms with Gasteiger partial charge in [0.05, 0.1) is 32.8 Å². The number of carbonyl (C=O) groups excluding carboxylic acids is 3. The molecule has 0 radical (unpaired) electrons. The first-order valence-corrected chi connectivity index (χ1v) is 16.6. The summed E-state index contributed by atoms with van der Waals surface area (Å²) >= 11 is 0. The Kier molecular flexibility index (Phi) is 10.9. The number of terminal acetylenes is 1. The summed E-state index contributed by atoms with van der Waals surface area (Å²) in [6, 6.07) is 22.5. The van der Waals surface area contributed by atoms with Crippen molar-refractivity contribution in [3.05, 3.63) is 95.6 Å². The average molecular weight is 667 g/mol. The number of hydrogen-bond donors (Lipinski definition) is 2. The number of urea groups is 1. The van der Waals surface area contributed by atoms with Gasteiger partial charge in [0.2, 0.25) is 11.8 Å². The molecular weight excluding hydrogens is 624 g/mol. The Morgan fingerprint density at radius 2 is 1.73 bits per heavy atom. The predicted octanol–water partition coefficient (Wildman–Crippen LogP) is 2.29. The topological polar surface area (TPSA) is 118 Å². The number of amides is 4. The van der Waals surface area contributed by atoms with Crippen molar-refractivity contribution in [1.29, 1.82) is 0 Å². The van der Waals surface area contributed by atoms with E-state index in [1.807, 2.05) is 54.6 Å². The molecule has 3 aromatic rings. The van der Waals surface area contributed by atoms with Gasteiger partial charge < -0.3 is 29.7 Å². The van der Waals surface area contributed by atoms with E-state index in [2.05, 4.69) is 16.1 Å². The molecule has 0 saturated carbocycles. The molecule has 12 nitrogen and oxygen atoms in total. The lowest BCUT2D eigenvalue weighted by Crippen LogP contribution is -2.76. The second-order valence-corrected chi connectivity index (χ2v) is 12.4. The highest BCUT2D eigenvalue weighted by Crippen LogP contribution is 2.30. The van der Waals surface area contributed by atoms with Crippen molar-refractivity contribution in [1.82, 2.24) is 30.0 Å². The van der Waals surface area contributed by atoms with Crippen LogP contribution in [0.3, 0.4) is 0 Å². The molecule has 2 N–H and O–H groups in total. The van der Waals surface area contributed by atoms with E-state index in [0.717, 1.165) is 49.5 Å².